The minimum absolute atomic E-state index is 0.113. The van der Waals surface area contributed by atoms with Gasteiger partial charge in [-0.2, -0.15) is 0 Å². The molecule has 0 aromatic carbocycles. The number of thiocarbonyl (C=S) groups is 1. The quantitative estimate of drug-likeness (QED) is 0.457. The smallest absolute Gasteiger partial charge is 0.325 e. The number of hydrogen-bond donors (Lipinski definition) is 0. The van der Waals surface area contributed by atoms with E-state index in [0.29, 0.717) is 5.70 Å². The molecule has 1 aliphatic heterocycles. The highest BCUT2D eigenvalue weighted by atomic mass is 32.1. The van der Waals surface area contributed by atoms with Gasteiger partial charge >= 0.3 is 5.97 Å². The van der Waals surface area contributed by atoms with E-state index in [1.54, 1.807) is 25.5 Å². The second kappa shape index (κ2) is 7.32. The van der Waals surface area contributed by atoms with Crippen LogP contribution in [0.1, 0.15) is 17.0 Å². The minimum Gasteiger partial charge on any atom is -0.468 e. The first-order chi connectivity index (χ1) is 12.8. The number of aryl methyl sites for hydroxylation is 1. The van der Waals surface area contributed by atoms with Gasteiger partial charge < -0.3 is 14.2 Å². The van der Waals surface area contributed by atoms with Crippen LogP contribution < -0.4 is 0 Å². The van der Waals surface area contributed by atoms with E-state index < -0.39 is 5.97 Å². The molecule has 0 spiro atoms. The lowest BCUT2D eigenvalue weighted by Crippen LogP contribution is -2.33. The van der Waals surface area contributed by atoms with Crippen LogP contribution in [0.2, 0.25) is 0 Å². The monoisotopic (exact) mass is 384 g/mol. The second-order valence-corrected chi connectivity index (χ2v) is 6.58. The fourth-order valence-electron chi connectivity index (χ4n) is 3.11. The molecule has 0 bridgehead atoms. The number of likely N-dealkylation sites (N-methyl/N-ethyl adjacent to an activating group) is 1. The van der Waals surface area contributed by atoms with Crippen molar-refractivity contribution in [1.82, 2.24) is 19.4 Å². The standard InChI is InChI=1S/C19H20N4O3S/c1-12-8-14(13(2)23(12)15-6-5-7-20-10-15)9-16-18(25)21(3)19(27)22(16)11-17(24)26-4/h5-10H,11H2,1-4H3/b16-9-. The number of amides is 1. The number of aromatic nitrogens is 2. The number of hydrogen-bond acceptors (Lipinski definition) is 5. The fraction of sp³-hybridized carbons (Fsp3) is 0.263. The van der Waals surface area contributed by atoms with Crippen LogP contribution in [0.4, 0.5) is 0 Å². The number of pyridine rings is 1. The van der Waals surface area contributed by atoms with E-state index in [0.717, 1.165) is 22.6 Å². The summed E-state index contributed by atoms with van der Waals surface area (Å²) in [5.74, 6) is -0.720. The van der Waals surface area contributed by atoms with Crippen LogP contribution in [0.25, 0.3) is 11.8 Å². The van der Waals surface area contributed by atoms with Gasteiger partial charge in [0, 0.05) is 24.6 Å². The summed E-state index contributed by atoms with van der Waals surface area (Å²) in [6.07, 6.45) is 5.26. The molecule has 1 amide bonds. The van der Waals surface area contributed by atoms with Gasteiger partial charge in [0.2, 0.25) is 0 Å². The van der Waals surface area contributed by atoms with Gasteiger partial charge in [0.05, 0.1) is 19.0 Å². The average molecular weight is 384 g/mol. The number of carbonyl (C=O) groups excluding carboxylic acids is 2. The lowest BCUT2D eigenvalue weighted by Gasteiger charge is -2.16. The molecular formula is C19H20N4O3S. The van der Waals surface area contributed by atoms with Gasteiger partial charge in [-0.05, 0) is 55.9 Å². The first-order valence-corrected chi connectivity index (χ1v) is 8.73. The van der Waals surface area contributed by atoms with Gasteiger partial charge in [-0.25, -0.2) is 0 Å². The molecule has 8 heteroatoms. The molecule has 0 unspecified atom stereocenters. The number of carbonyl (C=O) groups is 2. The highest BCUT2D eigenvalue weighted by molar-refractivity contribution is 7.80. The lowest BCUT2D eigenvalue weighted by molar-refractivity contribution is -0.140. The maximum absolute atomic E-state index is 12.6. The van der Waals surface area contributed by atoms with Crippen LogP contribution in [-0.4, -0.2) is 57.0 Å². The molecule has 1 aliphatic rings. The minimum atomic E-state index is -0.466. The summed E-state index contributed by atoms with van der Waals surface area (Å²) in [5, 5.41) is 0.276. The SMILES string of the molecule is COC(=O)CN1C(=S)N(C)C(=O)/C1=C/c1cc(C)n(-c2cccnc2)c1C. The van der Waals surface area contributed by atoms with Crippen molar-refractivity contribution >= 4 is 35.3 Å². The first-order valence-electron chi connectivity index (χ1n) is 8.32. The summed E-state index contributed by atoms with van der Waals surface area (Å²) in [6, 6.07) is 5.83. The number of esters is 1. The lowest BCUT2D eigenvalue weighted by atomic mass is 10.2. The van der Waals surface area contributed by atoms with Crippen LogP contribution >= 0.6 is 12.2 Å². The van der Waals surface area contributed by atoms with Crippen LogP contribution in [0.5, 0.6) is 0 Å². The van der Waals surface area contributed by atoms with Crippen molar-refractivity contribution < 1.29 is 14.3 Å². The molecule has 0 saturated carbocycles. The Morgan fingerprint density at radius 3 is 2.74 bits per heavy atom. The highest BCUT2D eigenvalue weighted by Gasteiger charge is 2.37. The zero-order valence-electron chi connectivity index (χ0n) is 15.6. The van der Waals surface area contributed by atoms with Gasteiger partial charge in [0.1, 0.15) is 12.2 Å². The van der Waals surface area contributed by atoms with Gasteiger partial charge in [0.15, 0.2) is 5.11 Å². The molecule has 1 saturated heterocycles. The van der Waals surface area contributed by atoms with E-state index in [1.807, 2.05) is 32.0 Å². The van der Waals surface area contributed by atoms with E-state index in [2.05, 4.69) is 9.55 Å². The molecule has 2 aromatic rings. The number of ether oxygens (including phenoxy) is 1. The average Bonchev–Trinajstić information content (AvgIpc) is 3.05. The van der Waals surface area contributed by atoms with Gasteiger partial charge in [-0.1, -0.05) is 0 Å². The first kappa shape index (κ1) is 18.8. The Morgan fingerprint density at radius 1 is 1.37 bits per heavy atom. The molecule has 140 valence electrons. The Labute approximate surface area is 162 Å². The summed E-state index contributed by atoms with van der Waals surface area (Å²) in [7, 11) is 2.90. The maximum atomic E-state index is 12.6. The van der Waals surface area contributed by atoms with Crippen molar-refractivity contribution in [3.05, 3.63) is 53.2 Å². The summed E-state index contributed by atoms with van der Waals surface area (Å²) in [4.78, 5) is 31.4. The summed E-state index contributed by atoms with van der Waals surface area (Å²) < 4.78 is 6.79. The molecule has 0 aliphatic carbocycles. The predicted octanol–water partition coefficient (Wildman–Crippen LogP) is 2.06. The van der Waals surface area contributed by atoms with Crippen molar-refractivity contribution in [1.29, 1.82) is 0 Å². The Balaban J connectivity index is 2.06. The third-order valence-corrected chi connectivity index (χ3v) is 5.01. The zero-order valence-corrected chi connectivity index (χ0v) is 16.4. The Morgan fingerprint density at radius 2 is 2.11 bits per heavy atom. The van der Waals surface area contributed by atoms with Crippen molar-refractivity contribution in [2.24, 2.45) is 0 Å². The van der Waals surface area contributed by atoms with Crippen molar-refractivity contribution in [3.63, 3.8) is 0 Å². The highest BCUT2D eigenvalue weighted by Crippen LogP contribution is 2.27. The summed E-state index contributed by atoms with van der Waals surface area (Å²) >= 11 is 5.31. The molecular weight excluding hydrogens is 364 g/mol. The van der Waals surface area contributed by atoms with Crippen molar-refractivity contribution in [2.75, 3.05) is 20.7 Å². The maximum Gasteiger partial charge on any atom is 0.325 e. The van der Waals surface area contributed by atoms with Crippen LogP contribution in [0.15, 0.2) is 36.3 Å². The van der Waals surface area contributed by atoms with E-state index in [4.69, 9.17) is 17.0 Å². The van der Waals surface area contributed by atoms with E-state index in [9.17, 15) is 9.59 Å². The normalized spacial score (nSPS) is 15.8. The molecule has 3 rings (SSSR count). The Bertz CT molecular complexity index is 949. The fourth-order valence-corrected chi connectivity index (χ4v) is 3.35. The summed E-state index contributed by atoms with van der Waals surface area (Å²) in [5.41, 5.74) is 4.12. The number of methoxy groups -OCH3 is 1. The zero-order chi connectivity index (χ0) is 19.7. The summed E-state index contributed by atoms with van der Waals surface area (Å²) in [6.45, 7) is 3.85. The van der Waals surface area contributed by atoms with Crippen molar-refractivity contribution in [3.8, 4) is 5.69 Å². The van der Waals surface area contributed by atoms with E-state index in [1.165, 1.54) is 16.9 Å². The van der Waals surface area contributed by atoms with E-state index in [-0.39, 0.29) is 17.6 Å². The predicted molar refractivity (Wildman–Crippen MR) is 105 cm³/mol. The van der Waals surface area contributed by atoms with E-state index >= 15 is 0 Å². The largest absolute Gasteiger partial charge is 0.468 e. The van der Waals surface area contributed by atoms with Gasteiger partial charge in [-0.3, -0.25) is 19.5 Å². The van der Waals surface area contributed by atoms with Crippen LogP contribution in [0, 0.1) is 13.8 Å². The molecule has 2 aromatic heterocycles. The van der Waals surface area contributed by atoms with Gasteiger partial charge in [0.25, 0.3) is 5.91 Å². The molecule has 0 N–H and O–H groups in total. The number of rotatable bonds is 4. The van der Waals surface area contributed by atoms with Crippen molar-refractivity contribution in [2.45, 2.75) is 13.8 Å². The topological polar surface area (TPSA) is 67.7 Å². The second-order valence-electron chi connectivity index (χ2n) is 6.21. The third-order valence-electron chi connectivity index (χ3n) is 4.51. The van der Waals surface area contributed by atoms with Gasteiger partial charge in [-0.15, -0.1) is 0 Å². The van der Waals surface area contributed by atoms with Crippen LogP contribution in [-0.2, 0) is 14.3 Å². The van der Waals surface area contributed by atoms with Crippen LogP contribution in [0.3, 0.4) is 0 Å². The Kier molecular flexibility index (Phi) is 5.09. The molecule has 27 heavy (non-hydrogen) atoms. The molecule has 1 fully saturated rings. The molecule has 0 radical (unpaired) electrons. The Hall–Kier alpha value is -3.00. The third kappa shape index (κ3) is 3.35. The molecule has 7 nitrogen and oxygen atoms in total. The molecule has 3 heterocycles. The number of nitrogens with zero attached hydrogens (tertiary/aromatic N) is 4. The molecule has 0 atom stereocenters.